The van der Waals surface area contributed by atoms with Crippen LogP contribution in [0.2, 0.25) is 0 Å². The summed E-state index contributed by atoms with van der Waals surface area (Å²) in [6, 6.07) is 2.94. The van der Waals surface area contributed by atoms with Crippen molar-refractivity contribution in [1.82, 2.24) is 4.57 Å². The second-order valence-electron chi connectivity index (χ2n) is 2.53. The number of alkyl halides is 2. The van der Waals surface area contributed by atoms with E-state index >= 15 is 0 Å². The van der Waals surface area contributed by atoms with Gasteiger partial charge < -0.3 is 4.57 Å². The molecule has 0 bridgehead atoms. The van der Waals surface area contributed by atoms with Gasteiger partial charge in [0.2, 0.25) is 0 Å². The predicted octanol–water partition coefficient (Wildman–Crippen LogP) is 1.75. The summed E-state index contributed by atoms with van der Waals surface area (Å²) in [5.74, 6) is 0. The molecule has 0 saturated carbocycles. The van der Waals surface area contributed by atoms with Crippen LogP contribution in [0.25, 0.3) is 0 Å². The molecule has 0 atom stereocenters. The van der Waals surface area contributed by atoms with Crippen molar-refractivity contribution < 1.29 is 8.78 Å². The van der Waals surface area contributed by atoms with E-state index in [1.54, 1.807) is 6.07 Å². The fourth-order valence-electron chi connectivity index (χ4n) is 0.964. The minimum absolute atomic E-state index is 0.153. The average molecular weight is 263 g/mol. The van der Waals surface area contributed by atoms with Gasteiger partial charge in [0.05, 0.1) is 6.54 Å². The van der Waals surface area contributed by atoms with Crippen LogP contribution >= 0.6 is 15.9 Å². The Kier molecular flexibility index (Phi) is 3.36. The summed E-state index contributed by atoms with van der Waals surface area (Å²) in [6.45, 7) is -0.701. The molecule has 3 nitrogen and oxygen atoms in total. The summed E-state index contributed by atoms with van der Waals surface area (Å²) in [4.78, 5) is 11.3. The molecule has 0 aliphatic heterocycles. The Morgan fingerprint density at radius 2 is 2.29 bits per heavy atom. The van der Waals surface area contributed by atoms with Gasteiger partial charge in [-0.15, -0.1) is 0 Å². The van der Waals surface area contributed by atoms with Gasteiger partial charge in [-0.3, -0.25) is 4.79 Å². The molecule has 1 heterocycles. The Labute approximate surface area is 86.7 Å². The molecule has 0 saturated heterocycles. The molecule has 1 rings (SSSR count). The lowest BCUT2D eigenvalue weighted by atomic mass is 10.3. The molecule has 0 aromatic carbocycles. The topological polar surface area (TPSA) is 45.8 Å². The maximum Gasteiger partial charge on any atom is 0.268 e. The lowest BCUT2D eigenvalue weighted by Crippen LogP contribution is -2.24. The van der Waals surface area contributed by atoms with E-state index in [9.17, 15) is 13.6 Å². The van der Waals surface area contributed by atoms with Crippen molar-refractivity contribution in [3.63, 3.8) is 0 Å². The molecule has 1 aromatic heterocycles. The van der Waals surface area contributed by atoms with Gasteiger partial charge in [-0.1, -0.05) is 0 Å². The minimum Gasteiger partial charge on any atom is -0.308 e. The van der Waals surface area contributed by atoms with Crippen LogP contribution in [0, 0.1) is 11.3 Å². The first-order valence-electron chi connectivity index (χ1n) is 3.63. The highest BCUT2D eigenvalue weighted by Crippen LogP contribution is 2.09. The molecule has 0 fully saturated rings. The maximum absolute atomic E-state index is 12.0. The Bertz CT molecular complexity index is 436. The number of pyridine rings is 1. The standard InChI is InChI=1S/C8H5BrF2N2O/c9-6-1-5(2-12)8(14)13(3-6)4-7(10)11/h1,3,7H,4H2. The van der Waals surface area contributed by atoms with Crippen LogP contribution in [0.1, 0.15) is 5.56 Å². The zero-order valence-corrected chi connectivity index (χ0v) is 8.46. The number of nitriles is 1. The first-order chi connectivity index (χ1) is 6.54. The highest BCUT2D eigenvalue weighted by Gasteiger charge is 2.09. The Morgan fingerprint density at radius 1 is 1.64 bits per heavy atom. The van der Waals surface area contributed by atoms with E-state index in [2.05, 4.69) is 15.9 Å². The van der Waals surface area contributed by atoms with Crippen molar-refractivity contribution in [1.29, 1.82) is 5.26 Å². The van der Waals surface area contributed by atoms with Crippen molar-refractivity contribution in [2.75, 3.05) is 0 Å². The maximum atomic E-state index is 12.0. The summed E-state index contributed by atoms with van der Waals surface area (Å²) in [5, 5.41) is 8.53. The normalized spacial score (nSPS) is 10.2. The predicted molar refractivity (Wildman–Crippen MR) is 49.1 cm³/mol. The van der Waals surface area contributed by atoms with Crippen LogP contribution in [0.15, 0.2) is 21.5 Å². The number of hydrogen-bond donors (Lipinski definition) is 0. The number of halogens is 3. The molecule has 0 amide bonds. The third-order valence-corrected chi connectivity index (χ3v) is 1.94. The number of aromatic nitrogens is 1. The lowest BCUT2D eigenvalue weighted by Gasteiger charge is -2.05. The molecule has 0 N–H and O–H groups in total. The Hall–Kier alpha value is -1.22. The SMILES string of the molecule is N#Cc1cc(Br)cn(CC(F)F)c1=O. The quantitative estimate of drug-likeness (QED) is 0.815. The van der Waals surface area contributed by atoms with Crippen LogP contribution in [0.3, 0.4) is 0 Å². The van der Waals surface area contributed by atoms with Crippen LogP contribution in [0.4, 0.5) is 8.78 Å². The highest BCUT2D eigenvalue weighted by molar-refractivity contribution is 9.10. The van der Waals surface area contributed by atoms with Gasteiger partial charge in [0.15, 0.2) is 0 Å². The van der Waals surface area contributed by atoms with E-state index < -0.39 is 18.5 Å². The number of hydrogen-bond acceptors (Lipinski definition) is 2. The van der Waals surface area contributed by atoms with Crippen LogP contribution in [0.5, 0.6) is 0 Å². The molecule has 1 aromatic rings. The van der Waals surface area contributed by atoms with Crippen LogP contribution < -0.4 is 5.56 Å². The second-order valence-corrected chi connectivity index (χ2v) is 3.45. The van der Waals surface area contributed by atoms with Gasteiger partial charge in [0.1, 0.15) is 11.6 Å². The Balaban J connectivity index is 3.24. The summed E-state index contributed by atoms with van der Waals surface area (Å²) in [6.07, 6.45) is -1.39. The van der Waals surface area contributed by atoms with Crippen LogP contribution in [-0.4, -0.2) is 11.0 Å². The molecule has 14 heavy (non-hydrogen) atoms. The van der Waals surface area contributed by atoms with Crippen molar-refractivity contribution in [2.24, 2.45) is 0 Å². The minimum atomic E-state index is -2.62. The van der Waals surface area contributed by atoms with E-state index in [4.69, 9.17) is 5.26 Å². The summed E-state index contributed by atoms with van der Waals surface area (Å²) < 4.78 is 25.3. The number of nitrogens with zero attached hydrogens (tertiary/aromatic N) is 2. The van der Waals surface area contributed by atoms with E-state index in [1.165, 1.54) is 12.3 Å². The summed E-state index contributed by atoms with van der Waals surface area (Å²) in [5.41, 5.74) is -0.851. The van der Waals surface area contributed by atoms with Gasteiger partial charge in [0, 0.05) is 10.7 Å². The smallest absolute Gasteiger partial charge is 0.268 e. The van der Waals surface area contributed by atoms with Gasteiger partial charge in [-0.05, 0) is 22.0 Å². The van der Waals surface area contributed by atoms with E-state index in [-0.39, 0.29) is 5.56 Å². The highest BCUT2D eigenvalue weighted by atomic mass is 79.9. The van der Waals surface area contributed by atoms with Crippen LogP contribution in [-0.2, 0) is 6.54 Å². The third-order valence-electron chi connectivity index (χ3n) is 1.51. The Morgan fingerprint density at radius 3 is 2.79 bits per heavy atom. The molecule has 0 spiro atoms. The van der Waals surface area contributed by atoms with E-state index in [0.717, 1.165) is 4.57 Å². The summed E-state index contributed by atoms with van der Waals surface area (Å²) >= 11 is 3.02. The van der Waals surface area contributed by atoms with Crippen molar-refractivity contribution >= 4 is 15.9 Å². The zero-order chi connectivity index (χ0) is 10.7. The molecular weight excluding hydrogens is 258 g/mol. The van der Waals surface area contributed by atoms with Gasteiger partial charge in [-0.25, -0.2) is 8.78 Å². The monoisotopic (exact) mass is 262 g/mol. The molecule has 0 unspecified atom stereocenters. The van der Waals surface area contributed by atoms with Crippen molar-refractivity contribution in [3.05, 3.63) is 32.7 Å². The molecule has 0 aliphatic carbocycles. The molecule has 0 radical (unpaired) electrons. The third kappa shape index (κ3) is 2.39. The molecule has 6 heteroatoms. The van der Waals surface area contributed by atoms with Gasteiger partial charge in [0.25, 0.3) is 12.0 Å². The van der Waals surface area contributed by atoms with Gasteiger partial charge >= 0.3 is 0 Å². The van der Waals surface area contributed by atoms with Crippen molar-refractivity contribution in [3.8, 4) is 6.07 Å². The lowest BCUT2D eigenvalue weighted by molar-refractivity contribution is 0.125. The fraction of sp³-hybridized carbons (Fsp3) is 0.250. The first kappa shape index (κ1) is 10.9. The zero-order valence-electron chi connectivity index (χ0n) is 6.88. The molecule has 0 aliphatic rings. The number of rotatable bonds is 2. The van der Waals surface area contributed by atoms with E-state index in [1.807, 2.05) is 0 Å². The first-order valence-corrected chi connectivity index (χ1v) is 4.42. The van der Waals surface area contributed by atoms with Gasteiger partial charge in [-0.2, -0.15) is 5.26 Å². The van der Waals surface area contributed by atoms with Crippen molar-refractivity contribution in [2.45, 2.75) is 13.0 Å². The average Bonchev–Trinajstić information content (AvgIpc) is 2.09. The molecule has 74 valence electrons. The fourth-order valence-corrected chi connectivity index (χ4v) is 1.44. The van der Waals surface area contributed by atoms with E-state index in [0.29, 0.717) is 4.47 Å². The molecular formula is C8H5BrF2N2O. The largest absolute Gasteiger partial charge is 0.308 e. The summed E-state index contributed by atoms with van der Waals surface area (Å²) in [7, 11) is 0. The second kappa shape index (κ2) is 4.33.